The highest BCUT2D eigenvalue weighted by Gasteiger charge is 2.21. The molecule has 4 rings (SSSR count). The maximum atomic E-state index is 14.0. The van der Waals surface area contributed by atoms with Crippen LogP contribution in [0.1, 0.15) is 16.0 Å². The van der Waals surface area contributed by atoms with Crippen LogP contribution in [0.3, 0.4) is 0 Å². The van der Waals surface area contributed by atoms with Gasteiger partial charge in [0, 0.05) is 37.6 Å². The van der Waals surface area contributed by atoms with E-state index in [-0.39, 0.29) is 5.82 Å². The molecule has 0 atom stereocenters. The van der Waals surface area contributed by atoms with E-state index < -0.39 is 0 Å². The zero-order valence-electron chi connectivity index (χ0n) is 15.9. The number of nitrogens with zero attached hydrogens (tertiary/aromatic N) is 2. The van der Waals surface area contributed by atoms with Crippen LogP contribution in [0.5, 0.6) is 0 Å². The number of thiophene rings is 1. The number of para-hydroxylation sites is 1. The molecule has 27 heavy (non-hydrogen) atoms. The maximum absolute atomic E-state index is 14.0. The Bertz CT molecular complexity index is 908. The Morgan fingerprint density at radius 2 is 1.63 bits per heavy atom. The van der Waals surface area contributed by atoms with Gasteiger partial charge < -0.3 is 4.90 Å². The summed E-state index contributed by atoms with van der Waals surface area (Å²) in [5.74, 6) is -0.124. The minimum absolute atomic E-state index is 0.124. The van der Waals surface area contributed by atoms with Crippen molar-refractivity contribution in [3.05, 3.63) is 75.7 Å². The van der Waals surface area contributed by atoms with Gasteiger partial charge in [-0.3, -0.25) is 4.90 Å². The van der Waals surface area contributed by atoms with Gasteiger partial charge in [0.2, 0.25) is 0 Å². The molecule has 0 unspecified atom stereocenters. The van der Waals surface area contributed by atoms with Crippen molar-refractivity contribution in [3.63, 3.8) is 0 Å². The van der Waals surface area contributed by atoms with Gasteiger partial charge in [-0.2, -0.15) is 0 Å². The minimum Gasteiger partial charge on any atom is -0.367 e. The van der Waals surface area contributed by atoms with Gasteiger partial charge in [0.1, 0.15) is 5.82 Å². The van der Waals surface area contributed by atoms with Crippen LogP contribution < -0.4 is 4.90 Å². The molecule has 0 saturated carbocycles. The van der Waals surface area contributed by atoms with Crippen molar-refractivity contribution in [3.8, 4) is 11.1 Å². The summed E-state index contributed by atoms with van der Waals surface area (Å²) in [6.07, 6.45) is 0. The molecule has 2 nitrogen and oxygen atoms in total. The Hall–Kier alpha value is -2.17. The fourth-order valence-electron chi connectivity index (χ4n) is 3.82. The maximum Gasteiger partial charge on any atom is 0.146 e. The highest BCUT2D eigenvalue weighted by Crippen LogP contribution is 2.33. The SMILES string of the molecule is Cc1ccc(-c2c(CN3CCN(c4ccccc4F)CC3)csc2C)cc1. The quantitative estimate of drug-likeness (QED) is 0.590. The van der Waals surface area contributed by atoms with Crippen molar-refractivity contribution in [2.45, 2.75) is 20.4 Å². The number of aryl methyl sites for hydroxylation is 2. The topological polar surface area (TPSA) is 6.48 Å². The van der Waals surface area contributed by atoms with Crippen LogP contribution >= 0.6 is 11.3 Å². The summed E-state index contributed by atoms with van der Waals surface area (Å²) < 4.78 is 14.0. The van der Waals surface area contributed by atoms with Crippen LogP contribution in [-0.2, 0) is 6.54 Å². The summed E-state index contributed by atoms with van der Waals surface area (Å²) in [4.78, 5) is 6.01. The van der Waals surface area contributed by atoms with Crippen LogP contribution in [0.4, 0.5) is 10.1 Å². The Labute approximate surface area is 164 Å². The molecule has 140 valence electrons. The molecular weight excluding hydrogens is 355 g/mol. The zero-order valence-corrected chi connectivity index (χ0v) is 16.7. The molecule has 0 spiro atoms. The number of hydrogen-bond acceptors (Lipinski definition) is 3. The Morgan fingerprint density at radius 3 is 2.33 bits per heavy atom. The molecule has 0 N–H and O–H groups in total. The van der Waals surface area contributed by atoms with Gasteiger partial charge in [-0.25, -0.2) is 4.39 Å². The Kier molecular flexibility index (Phi) is 5.28. The van der Waals surface area contributed by atoms with E-state index in [1.54, 1.807) is 12.1 Å². The van der Waals surface area contributed by atoms with Crippen molar-refractivity contribution in [2.24, 2.45) is 0 Å². The van der Waals surface area contributed by atoms with Crippen LogP contribution in [0.15, 0.2) is 53.9 Å². The predicted molar refractivity (Wildman–Crippen MR) is 113 cm³/mol. The molecule has 1 saturated heterocycles. The Morgan fingerprint density at radius 1 is 0.926 bits per heavy atom. The molecule has 0 amide bonds. The minimum atomic E-state index is -0.124. The largest absolute Gasteiger partial charge is 0.367 e. The lowest BCUT2D eigenvalue weighted by Gasteiger charge is -2.36. The van der Waals surface area contributed by atoms with Crippen molar-refractivity contribution in [1.82, 2.24) is 4.90 Å². The lowest BCUT2D eigenvalue weighted by Crippen LogP contribution is -2.46. The van der Waals surface area contributed by atoms with E-state index in [0.29, 0.717) is 0 Å². The molecule has 1 fully saturated rings. The molecule has 0 radical (unpaired) electrons. The van der Waals surface area contributed by atoms with E-state index in [4.69, 9.17) is 0 Å². The van der Waals surface area contributed by atoms with E-state index in [2.05, 4.69) is 53.3 Å². The van der Waals surface area contributed by atoms with E-state index in [1.807, 2.05) is 23.5 Å². The van der Waals surface area contributed by atoms with E-state index in [9.17, 15) is 4.39 Å². The first kappa shape index (κ1) is 18.2. The number of halogens is 1. The molecule has 1 aromatic heterocycles. The van der Waals surface area contributed by atoms with Crippen molar-refractivity contribution in [2.75, 3.05) is 31.1 Å². The molecule has 1 aliphatic heterocycles. The molecule has 2 aromatic carbocycles. The molecule has 2 heterocycles. The van der Waals surface area contributed by atoms with E-state index in [0.717, 1.165) is 38.4 Å². The van der Waals surface area contributed by atoms with Gasteiger partial charge in [0.25, 0.3) is 0 Å². The monoisotopic (exact) mass is 380 g/mol. The lowest BCUT2D eigenvalue weighted by molar-refractivity contribution is 0.250. The first-order valence-electron chi connectivity index (χ1n) is 9.47. The Balaban J connectivity index is 1.46. The van der Waals surface area contributed by atoms with Crippen LogP contribution in [0.2, 0.25) is 0 Å². The average molecular weight is 381 g/mol. The molecule has 3 aromatic rings. The number of rotatable bonds is 4. The lowest BCUT2D eigenvalue weighted by atomic mass is 10.0. The van der Waals surface area contributed by atoms with Gasteiger partial charge in [-0.05, 0) is 48.1 Å². The molecular formula is C23H25FN2S. The average Bonchev–Trinajstić information content (AvgIpc) is 3.04. The van der Waals surface area contributed by atoms with E-state index in [1.165, 1.54) is 27.1 Å². The second-order valence-electron chi connectivity index (χ2n) is 7.27. The van der Waals surface area contributed by atoms with Gasteiger partial charge in [-0.15, -0.1) is 11.3 Å². The second-order valence-corrected chi connectivity index (χ2v) is 8.36. The third kappa shape index (κ3) is 3.92. The first-order valence-corrected chi connectivity index (χ1v) is 10.4. The van der Waals surface area contributed by atoms with Crippen LogP contribution in [-0.4, -0.2) is 31.1 Å². The normalized spacial score (nSPS) is 15.3. The smallest absolute Gasteiger partial charge is 0.146 e. The van der Waals surface area contributed by atoms with E-state index >= 15 is 0 Å². The summed E-state index contributed by atoms with van der Waals surface area (Å²) in [5, 5.41) is 2.30. The zero-order chi connectivity index (χ0) is 18.8. The summed E-state index contributed by atoms with van der Waals surface area (Å²) in [6.45, 7) is 8.93. The summed E-state index contributed by atoms with van der Waals surface area (Å²) >= 11 is 1.83. The summed E-state index contributed by atoms with van der Waals surface area (Å²) in [7, 11) is 0. The van der Waals surface area contributed by atoms with Gasteiger partial charge in [-0.1, -0.05) is 42.0 Å². The van der Waals surface area contributed by atoms with Crippen molar-refractivity contribution >= 4 is 17.0 Å². The summed E-state index contributed by atoms with van der Waals surface area (Å²) in [5.41, 5.74) is 6.11. The van der Waals surface area contributed by atoms with Crippen LogP contribution in [0, 0.1) is 19.7 Å². The van der Waals surface area contributed by atoms with Gasteiger partial charge >= 0.3 is 0 Å². The van der Waals surface area contributed by atoms with Gasteiger partial charge in [0.05, 0.1) is 5.69 Å². The third-order valence-electron chi connectivity index (χ3n) is 5.35. The van der Waals surface area contributed by atoms with Gasteiger partial charge in [0.15, 0.2) is 0 Å². The number of piperazine rings is 1. The summed E-state index contributed by atoms with van der Waals surface area (Å²) in [6, 6.07) is 15.9. The number of anilines is 1. The highest BCUT2D eigenvalue weighted by atomic mass is 32.1. The fraction of sp³-hybridized carbons (Fsp3) is 0.304. The number of benzene rings is 2. The number of hydrogen-bond donors (Lipinski definition) is 0. The first-order chi connectivity index (χ1) is 13.1. The van der Waals surface area contributed by atoms with Crippen molar-refractivity contribution < 1.29 is 4.39 Å². The van der Waals surface area contributed by atoms with Crippen molar-refractivity contribution in [1.29, 1.82) is 0 Å². The molecule has 4 heteroatoms. The molecule has 0 aliphatic carbocycles. The highest BCUT2D eigenvalue weighted by molar-refractivity contribution is 7.10. The predicted octanol–water partition coefficient (Wildman–Crippen LogP) is 5.49. The fourth-order valence-corrected chi connectivity index (χ4v) is 4.70. The van der Waals surface area contributed by atoms with Crippen LogP contribution in [0.25, 0.3) is 11.1 Å². The second kappa shape index (κ2) is 7.83. The molecule has 1 aliphatic rings. The third-order valence-corrected chi connectivity index (χ3v) is 6.31. The molecule has 0 bridgehead atoms. The standard InChI is InChI=1S/C23H25FN2S/c1-17-7-9-19(10-8-17)23-18(2)27-16-20(23)15-25-11-13-26(14-12-25)22-6-4-3-5-21(22)24/h3-10,16H,11-15H2,1-2H3.